The number of amides is 1. The third kappa shape index (κ3) is 4.74. The van der Waals surface area contributed by atoms with Gasteiger partial charge in [-0.3, -0.25) is 19.9 Å². The lowest BCUT2D eigenvalue weighted by molar-refractivity contribution is -0.133. The second kappa shape index (κ2) is 10.3. The molecule has 0 bridgehead atoms. The van der Waals surface area contributed by atoms with Gasteiger partial charge in [-0.25, -0.2) is 18.6 Å². The Morgan fingerprint density at radius 2 is 1.82 bits per heavy atom. The second-order valence-corrected chi connectivity index (χ2v) is 10.9. The van der Waals surface area contributed by atoms with Crippen molar-refractivity contribution in [2.24, 2.45) is 0 Å². The Labute approximate surface area is 219 Å². The van der Waals surface area contributed by atoms with Crippen LogP contribution < -0.4 is 15.8 Å². The number of nitrogens with zero attached hydrogens (tertiary/aromatic N) is 2. The molecular weight excluding hydrogens is 508 g/mol. The molecule has 1 amide bonds. The minimum absolute atomic E-state index is 0.0339. The van der Waals surface area contributed by atoms with Crippen LogP contribution in [0.4, 0.5) is 0 Å². The number of hydroxylamine groups is 1. The third-order valence-electron chi connectivity index (χ3n) is 6.44. The van der Waals surface area contributed by atoms with Crippen molar-refractivity contribution >= 4 is 15.9 Å². The SMILES string of the molecule is Cc1cccc(COc2ccc(S(=O)(=O)N3CCc4[nH]n(-c5ccccc5)c(=O)c4C3C(=O)NO)cc2)c1. The minimum Gasteiger partial charge on any atom is -0.489 e. The summed E-state index contributed by atoms with van der Waals surface area (Å²) in [4.78, 5) is 26.0. The van der Waals surface area contributed by atoms with Gasteiger partial charge in [0.15, 0.2) is 0 Å². The number of ether oxygens (including phenoxy) is 1. The van der Waals surface area contributed by atoms with Gasteiger partial charge >= 0.3 is 0 Å². The van der Waals surface area contributed by atoms with E-state index in [2.05, 4.69) is 5.10 Å². The van der Waals surface area contributed by atoms with Crippen LogP contribution in [-0.2, 0) is 27.8 Å². The Balaban J connectivity index is 1.44. The number of sulfonamides is 1. The molecule has 0 aliphatic carbocycles. The van der Waals surface area contributed by atoms with Crippen LogP contribution in [0.3, 0.4) is 0 Å². The predicted molar refractivity (Wildman–Crippen MR) is 139 cm³/mol. The highest BCUT2D eigenvalue weighted by Gasteiger charge is 2.43. The highest BCUT2D eigenvalue weighted by Crippen LogP contribution is 2.33. The molecule has 0 saturated carbocycles. The van der Waals surface area contributed by atoms with Crippen LogP contribution in [0.1, 0.15) is 28.4 Å². The van der Waals surface area contributed by atoms with Crippen LogP contribution in [0.2, 0.25) is 0 Å². The van der Waals surface area contributed by atoms with E-state index in [4.69, 9.17) is 4.74 Å². The molecule has 3 aromatic carbocycles. The molecule has 1 aromatic heterocycles. The third-order valence-corrected chi connectivity index (χ3v) is 8.32. The summed E-state index contributed by atoms with van der Waals surface area (Å²) in [6.45, 7) is 2.23. The number of fused-ring (bicyclic) bond motifs is 1. The molecule has 4 aromatic rings. The molecule has 1 atom stereocenters. The van der Waals surface area contributed by atoms with E-state index in [1.807, 2.05) is 31.2 Å². The van der Waals surface area contributed by atoms with Crippen LogP contribution >= 0.6 is 0 Å². The molecule has 196 valence electrons. The van der Waals surface area contributed by atoms with Crippen LogP contribution in [0.5, 0.6) is 5.75 Å². The molecule has 11 heteroatoms. The largest absolute Gasteiger partial charge is 0.489 e. The minimum atomic E-state index is -4.23. The molecule has 10 nitrogen and oxygen atoms in total. The average molecular weight is 535 g/mol. The van der Waals surface area contributed by atoms with Gasteiger partial charge in [-0.15, -0.1) is 0 Å². The van der Waals surface area contributed by atoms with Crippen molar-refractivity contribution in [3.63, 3.8) is 0 Å². The van der Waals surface area contributed by atoms with Gasteiger partial charge in [0.1, 0.15) is 18.4 Å². The van der Waals surface area contributed by atoms with Gasteiger partial charge in [-0.1, -0.05) is 48.0 Å². The first-order valence-electron chi connectivity index (χ1n) is 11.9. The molecular formula is C27H26N4O6S. The van der Waals surface area contributed by atoms with E-state index in [0.717, 1.165) is 15.4 Å². The molecule has 1 aliphatic rings. The molecule has 1 aliphatic heterocycles. The van der Waals surface area contributed by atoms with Crippen LogP contribution in [-0.4, -0.2) is 40.2 Å². The molecule has 0 radical (unpaired) electrons. The Morgan fingerprint density at radius 3 is 2.50 bits per heavy atom. The maximum atomic E-state index is 13.6. The number of aromatic amines is 1. The number of aryl methyl sites for hydroxylation is 1. The maximum absolute atomic E-state index is 13.6. The summed E-state index contributed by atoms with van der Waals surface area (Å²) in [6, 6.07) is 20.9. The summed E-state index contributed by atoms with van der Waals surface area (Å²) in [6.07, 6.45) is 0.177. The van der Waals surface area contributed by atoms with Crippen LogP contribution in [0.15, 0.2) is 88.6 Å². The van der Waals surface area contributed by atoms with Crippen molar-refractivity contribution in [2.75, 3.05) is 6.54 Å². The van der Waals surface area contributed by atoms with E-state index >= 15 is 0 Å². The maximum Gasteiger partial charge on any atom is 0.276 e. The van der Waals surface area contributed by atoms with E-state index < -0.39 is 27.5 Å². The number of para-hydroxylation sites is 1. The summed E-state index contributed by atoms with van der Waals surface area (Å²) in [7, 11) is -4.23. The summed E-state index contributed by atoms with van der Waals surface area (Å²) in [5.41, 5.74) is 3.97. The Bertz CT molecular complexity index is 1630. The number of hydrogen-bond donors (Lipinski definition) is 3. The number of carbonyl (C=O) groups excluding carboxylic acids is 1. The number of benzene rings is 3. The fourth-order valence-corrected chi connectivity index (χ4v) is 6.18. The van der Waals surface area contributed by atoms with Gasteiger partial charge in [-0.05, 0) is 48.9 Å². The Morgan fingerprint density at radius 1 is 1.08 bits per heavy atom. The lowest BCUT2D eigenvalue weighted by atomic mass is 10.0. The van der Waals surface area contributed by atoms with Crippen LogP contribution in [0, 0.1) is 6.92 Å². The van der Waals surface area contributed by atoms with Gasteiger partial charge in [0.25, 0.3) is 11.5 Å². The van der Waals surface area contributed by atoms with Gasteiger partial charge < -0.3 is 4.74 Å². The monoisotopic (exact) mass is 534 g/mol. The lowest BCUT2D eigenvalue weighted by Gasteiger charge is -2.32. The van der Waals surface area contributed by atoms with Crippen LogP contribution in [0.25, 0.3) is 5.69 Å². The van der Waals surface area contributed by atoms with Crippen molar-refractivity contribution in [3.8, 4) is 11.4 Å². The first-order valence-corrected chi connectivity index (χ1v) is 13.4. The molecule has 3 N–H and O–H groups in total. The van der Waals surface area contributed by atoms with Gasteiger partial charge in [0.05, 0.1) is 16.1 Å². The molecule has 0 saturated heterocycles. The molecule has 2 heterocycles. The van der Waals surface area contributed by atoms with E-state index in [9.17, 15) is 23.2 Å². The normalized spacial score (nSPS) is 15.6. The first-order chi connectivity index (χ1) is 18.3. The lowest BCUT2D eigenvalue weighted by Crippen LogP contribution is -2.48. The second-order valence-electron chi connectivity index (χ2n) is 8.97. The quantitative estimate of drug-likeness (QED) is 0.247. The fraction of sp³-hybridized carbons (Fsp3) is 0.185. The van der Waals surface area contributed by atoms with Crippen molar-refractivity contribution in [3.05, 3.63) is 112 Å². The smallest absolute Gasteiger partial charge is 0.276 e. The summed E-state index contributed by atoms with van der Waals surface area (Å²) in [5, 5.41) is 12.4. The zero-order valence-electron chi connectivity index (χ0n) is 20.5. The molecule has 38 heavy (non-hydrogen) atoms. The molecule has 0 fully saturated rings. The number of hydrogen-bond acceptors (Lipinski definition) is 6. The van der Waals surface area contributed by atoms with Crippen molar-refractivity contribution in [1.82, 2.24) is 19.6 Å². The topological polar surface area (TPSA) is 134 Å². The molecule has 0 spiro atoms. The van der Waals surface area contributed by atoms with E-state index in [1.54, 1.807) is 30.3 Å². The van der Waals surface area contributed by atoms with Crippen molar-refractivity contribution in [2.45, 2.75) is 30.9 Å². The highest BCUT2D eigenvalue weighted by atomic mass is 32.2. The standard InChI is InChI=1S/C27H26N4O6S/c1-18-6-5-7-19(16-18)17-37-21-10-12-22(13-11-21)38(35,36)30-15-14-23-24(25(30)26(32)29-34)27(33)31(28-23)20-8-3-2-4-9-20/h2-13,16,25,28,34H,14-15,17H2,1H3,(H,29,32). The number of carbonyl (C=O) groups is 1. The fourth-order valence-electron chi connectivity index (χ4n) is 4.62. The first kappa shape index (κ1) is 25.5. The molecule has 1 unspecified atom stereocenters. The molecule has 5 rings (SSSR count). The summed E-state index contributed by atoms with van der Waals surface area (Å²) in [5.74, 6) is -0.545. The summed E-state index contributed by atoms with van der Waals surface area (Å²) < 4.78 is 35.3. The summed E-state index contributed by atoms with van der Waals surface area (Å²) >= 11 is 0. The number of rotatable bonds is 7. The number of aromatic nitrogens is 2. The number of H-pyrrole nitrogens is 1. The van der Waals surface area contributed by atoms with E-state index in [0.29, 0.717) is 23.7 Å². The van der Waals surface area contributed by atoms with Crippen molar-refractivity contribution in [1.29, 1.82) is 0 Å². The Kier molecular flexibility index (Phi) is 6.89. The number of nitrogens with one attached hydrogen (secondary N) is 2. The van der Waals surface area contributed by atoms with Gasteiger partial charge in [-0.2, -0.15) is 4.31 Å². The van der Waals surface area contributed by atoms with Gasteiger partial charge in [0.2, 0.25) is 10.0 Å². The zero-order valence-corrected chi connectivity index (χ0v) is 21.3. The highest BCUT2D eigenvalue weighted by molar-refractivity contribution is 7.89. The average Bonchev–Trinajstić information content (AvgIpc) is 3.28. The van der Waals surface area contributed by atoms with Crippen molar-refractivity contribution < 1.29 is 23.2 Å². The van der Waals surface area contributed by atoms with E-state index in [-0.39, 0.29) is 23.4 Å². The van der Waals surface area contributed by atoms with Gasteiger partial charge in [0, 0.05) is 18.7 Å². The van der Waals surface area contributed by atoms with E-state index in [1.165, 1.54) is 34.4 Å². The Hall–Kier alpha value is -4.19. The zero-order chi connectivity index (χ0) is 26.9. The predicted octanol–water partition coefficient (Wildman–Crippen LogP) is 2.85.